The van der Waals surface area contributed by atoms with Gasteiger partial charge in [-0.15, -0.1) is 11.3 Å². The Morgan fingerprint density at radius 2 is 2.25 bits per heavy atom. The highest BCUT2D eigenvalue weighted by atomic mass is 32.1. The summed E-state index contributed by atoms with van der Waals surface area (Å²) in [6.07, 6.45) is -2.14. The van der Waals surface area contributed by atoms with Crippen molar-refractivity contribution in [2.45, 2.75) is 32.1 Å². The molecule has 11 heteroatoms. The van der Waals surface area contributed by atoms with E-state index in [4.69, 9.17) is 0 Å². The number of nitrogens with zero attached hydrogens (tertiary/aromatic N) is 4. The number of aromatic nitrogens is 2. The molecule has 1 fully saturated rings. The highest BCUT2D eigenvalue weighted by Crippen LogP contribution is 2.30. The number of nitrogens with one attached hydrogen (secondary N) is 2. The van der Waals surface area contributed by atoms with Gasteiger partial charge in [-0.2, -0.15) is 13.2 Å². The Labute approximate surface area is 163 Å². The van der Waals surface area contributed by atoms with E-state index in [0.29, 0.717) is 31.4 Å². The predicted octanol–water partition coefficient (Wildman–Crippen LogP) is 3.03. The van der Waals surface area contributed by atoms with Gasteiger partial charge in [0, 0.05) is 37.3 Å². The molecule has 0 amide bonds. The van der Waals surface area contributed by atoms with Gasteiger partial charge in [0.1, 0.15) is 5.01 Å². The fraction of sp³-hybridized carbons (Fsp3) is 0.471. The number of anilines is 1. The van der Waals surface area contributed by atoms with Crippen LogP contribution >= 0.6 is 11.3 Å². The number of hydrogen-bond acceptors (Lipinski definition) is 5. The summed E-state index contributed by atoms with van der Waals surface area (Å²) in [6.45, 7) is 3.73. The Morgan fingerprint density at radius 3 is 2.93 bits per heavy atom. The van der Waals surface area contributed by atoms with Gasteiger partial charge in [-0.3, -0.25) is 0 Å². The molecular formula is C17H20F4N6S. The second-order valence-electron chi connectivity index (χ2n) is 6.20. The van der Waals surface area contributed by atoms with Crippen LogP contribution in [0.2, 0.25) is 0 Å². The standard InChI is InChI=1S/C17H20F4N6S/c1-2-22-16(24-8-14-26-13(10-28-14)17(19,20)21)25-11-5-7-27(9-11)15-12(18)4-3-6-23-15/h3-4,6,10-11H,2,5,7-9H2,1H3,(H2,22,24,25). The number of thiazole rings is 1. The molecule has 1 aliphatic rings. The van der Waals surface area contributed by atoms with Crippen LogP contribution in [0.1, 0.15) is 24.0 Å². The van der Waals surface area contributed by atoms with Crippen LogP contribution in [0, 0.1) is 5.82 Å². The fourth-order valence-electron chi connectivity index (χ4n) is 2.85. The average Bonchev–Trinajstić information content (AvgIpc) is 3.29. The van der Waals surface area contributed by atoms with E-state index in [9.17, 15) is 17.6 Å². The van der Waals surface area contributed by atoms with E-state index < -0.39 is 11.9 Å². The molecule has 2 aromatic rings. The lowest BCUT2D eigenvalue weighted by Gasteiger charge is -2.19. The molecule has 1 aliphatic heterocycles. The summed E-state index contributed by atoms with van der Waals surface area (Å²) in [5.41, 5.74) is -0.899. The monoisotopic (exact) mass is 416 g/mol. The van der Waals surface area contributed by atoms with Crippen molar-refractivity contribution in [2.75, 3.05) is 24.5 Å². The van der Waals surface area contributed by atoms with Gasteiger partial charge >= 0.3 is 6.18 Å². The Morgan fingerprint density at radius 1 is 1.43 bits per heavy atom. The largest absolute Gasteiger partial charge is 0.434 e. The van der Waals surface area contributed by atoms with Crippen LogP contribution in [0.25, 0.3) is 0 Å². The molecule has 0 bridgehead atoms. The van der Waals surface area contributed by atoms with Crippen LogP contribution in [0.15, 0.2) is 28.7 Å². The quantitative estimate of drug-likeness (QED) is 0.446. The van der Waals surface area contributed by atoms with Gasteiger partial charge in [-0.1, -0.05) is 0 Å². The van der Waals surface area contributed by atoms with Crippen molar-refractivity contribution in [1.82, 2.24) is 20.6 Å². The SMILES string of the molecule is CCNC(=NCc1nc(C(F)(F)F)cs1)NC1CCN(c2ncccc2F)C1. The Kier molecular flexibility index (Phi) is 6.32. The number of hydrogen-bond donors (Lipinski definition) is 2. The van der Waals surface area contributed by atoms with E-state index in [1.54, 1.807) is 12.3 Å². The minimum atomic E-state index is -4.45. The molecule has 1 saturated heterocycles. The Balaban J connectivity index is 1.61. The normalized spacial score (nSPS) is 17.8. The molecule has 3 rings (SSSR count). The van der Waals surface area contributed by atoms with Crippen molar-refractivity contribution < 1.29 is 17.6 Å². The van der Waals surface area contributed by atoms with E-state index in [2.05, 4.69) is 25.6 Å². The third-order valence-electron chi connectivity index (χ3n) is 4.13. The van der Waals surface area contributed by atoms with E-state index in [1.165, 1.54) is 6.07 Å². The Hall–Kier alpha value is -2.43. The van der Waals surface area contributed by atoms with Crippen molar-refractivity contribution >= 4 is 23.1 Å². The third-order valence-corrected chi connectivity index (χ3v) is 4.96. The van der Waals surface area contributed by atoms with E-state index in [1.807, 2.05) is 11.8 Å². The molecule has 1 atom stereocenters. The molecule has 0 aliphatic carbocycles. The van der Waals surface area contributed by atoms with Gasteiger partial charge in [0.05, 0.1) is 6.54 Å². The summed E-state index contributed by atoms with van der Waals surface area (Å²) in [7, 11) is 0. The van der Waals surface area contributed by atoms with Crippen LogP contribution in [0.5, 0.6) is 0 Å². The summed E-state index contributed by atoms with van der Waals surface area (Å²) in [6, 6.07) is 2.93. The molecule has 2 N–H and O–H groups in total. The van der Waals surface area contributed by atoms with Crippen molar-refractivity contribution in [1.29, 1.82) is 0 Å². The van der Waals surface area contributed by atoms with Crippen molar-refractivity contribution in [3.63, 3.8) is 0 Å². The van der Waals surface area contributed by atoms with Gasteiger partial charge in [0.2, 0.25) is 0 Å². The van der Waals surface area contributed by atoms with Crippen LogP contribution in [0.4, 0.5) is 23.4 Å². The molecule has 28 heavy (non-hydrogen) atoms. The first-order chi connectivity index (χ1) is 13.4. The zero-order valence-electron chi connectivity index (χ0n) is 15.1. The lowest BCUT2D eigenvalue weighted by Crippen LogP contribution is -2.44. The maximum absolute atomic E-state index is 13.9. The lowest BCUT2D eigenvalue weighted by atomic mass is 10.3. The molecule has 152 valence electrons. The molecule has 0 saturated carbocycles. The van der Waals surface area contributed by atoms with E-state index in [-0.39, 0.29) is 23.4 Å². The number of pyridine rings is 1. The van der Waals surface area contributed by atoms with Gasteiger partial charge in [-0.25, -0.2) is 19.4 Å². The number of alkyl halides is 3. The smallest absolute Gasteiger partial charge is 0.357 e. The molecule has 1 unspecified atom stereocenters. The lowest BCUT2D eigenvalue weighted by molar-refractivity contribution is -0.140. The molecular weight excluding hydrogens is 396 g/mol. The molecule has 0 aromatic carbocycles. The molecule has 0 radical (unpaired) electrons. The zero-order chi connectivity index (χ0) is 20.1. The minimum absolute atomic E-state index is 0.0150. The van der Waals surface area contributed by atoms with Gasteiger partial charge in [-0.05, 0) is 25.5 Å². The third kappa shape index (κ3) is 5.09. The first-order valence-corrected chi connectivity index (χ1v) is 9.66. The highest BCUT2D eigenvalue weighted by Gasteiger charge is 2.33. The molecule has 2 aromatic heterocycles. The van der Waals surface area contributed by atoms with Crippen LogP contribution in [0.3, 0.4) is 0 Å². The van der Waals surface area contributed by atoms with Crippen LogP contribution in [-0.4, -0.2) is 41.6 Å². The van der Waals surface area contributed by atoms with Crippen LogP contribution < -0.4 is 15.5 Å². The summed E-state index contributed by atoms with van der Waals surface area (Å²) < 4.78 is 51.8. The number of aliphatic imine (C=N–C) groups is 1. The maximum atomic E-state index is 13.9. The summed E-state index contributed by atoms with van der Waals surface area (Å²) in [5, 5.41) is 7.59. The first-order valence-electron chi connectivity index (χ1n) is 8.78. The number of guanidine groups is 1. The van der Waals surface area contributed by atoms with Crippen molar-refractivity contribution in [3.8, 4) is 0 Å². The van der Waals surface area contributed by atoms with Gasteiger partial charge < -0.3 is 15.5 Å². The predicted molar refractivity (Wildman–Crippen MR) is 99.9 cm³/mol. The fourth-order valence-corrected chi connectivity index (χ4v) is 3.58. The van der Waals surface area contributed by atoms with Gasteiger partial charge in [0.25, 0.3) is 0 Å². The topological polar surface area (TPSA) is 65.4 Å². The number of halogens is 4. The van der Waals surface area contributed by atoms with Crippen molar-refractivity contribution in [3.05, 3.63) is 40.2 Å². The van der Waals surface area contributed by atoms with E-state index >= 15 is 0 Å². The van der Waals surface area contributed by atoms with Crippen molar-refractivity contribution in [2.24, 2.45) is 4.99 Å². The summed E-state index contributed by atoms with van der Waals surface area (Å²) in [4.78, 5) is 13.8. The second-order valence-corrected chi connectivity index (χ2v) is 7.15. The minimum Gasteiger partial charge on any atom is -0.357 e. The molecule has 0 spiro atoms. The van der Waals surface area contributed by atoms with Gasteiger partial charge in [0.15, 0.2) is 23.3 Å². The second kappa shape index (κ2) is 8.72. The van der Waals surface area contributed by atoms with Crippen LogP contribution in [-0.2, 0) is 12.7 Å². The highest BCUT2D eigenvalue weighted by molar-refractivity contribution is 7.09. The van der Waals surface area contributed by atoms with E-state index in [0.717, 1.165) is 23.1 Å². The summed E-state index contributed by atoms with van der Waals surface area (Å²) >= 11 is 0.927. The summed E-state index contributed by atoms with van der Waals surface area (Å²) in [5.74, 6) is 0.434. The molecule has 3 heterocycles. The molecule has 6 nitrogen and oxygen atoms in total. The number of rotatable bonds is 5. The maximum Gasteiger partial charge on any atom is 0.434 e. The Bertz CT molecular complexity index is 822. The zero-order valence-corrected chi connectivity index (χ0v) is 15.9. The average molecular weight is 416 g/mol. The first kappa shape index (κ1) is 20.3.